The highest BCUT2D eigenvalue weighted by Gasteiger charge is 2.07. The maximum absolute atomic E-state index is 11.8. The monoisotopic (exact) mass is 249 g/mol. The summed E-state index contributed by atoms with van der Waals surface area (Å²) in [6, 6.07) is 1.91. The lowest BCUT2D eigenvalue weighted by Gasteiger charge is -2.10. The van der Waals surface area contributed by atoms with Crippen molar-refractivity contribution in [1.82, 2.24) is 4.98 Å². The van der Waals surface area contributed by atoms with Crippen molar-refractivity contribution >= 4 is 11.6 Å². The first-order valence-corrected chi connectivity index (χ1v) is 6.57. The molecule has 0 aliphatic heterocycles. The SMILES string of the molecule is Cc1ccnc(C)c1NC(=O)CCCCCCN. The number of rotatable bonds is 7. The smallest absolute Gasteiger partial charge is 0.224 e. The summed E-state index contributed by atoms with van der Waals surface area (Å²) in [4.78, 5) is 16.0. The van der Waals surface area contributed by atoms with Crippen LogP contribution in [0.3, 0.4) is 0 Å². The van der Waals surface area contributed by atoms with Gasteiger partial charge >= 0.3 is 0 Å². The molecule has 1 aromatic rings. The van der Waals surface area contributed by atoms with Crippen LogP contribution in [0.2, 0.25) is 0 Å². The lowest BCUT2D eigenvalue weighted by molar-refractivity contribution is -0.116. The lowest BCUT2D eigenvalue weighted by atomic mass is 10.1. The largest absolute Gasteiger partial charge is 0.330 e. The zero-order valence-electron chi connectivity index (χ0n) is 11.3. The van der Waals surface area contributed by atoms with E-state index in [2.05, 4.69) is 10.3 Å². The molecule has 0 spiro atoms. The van der Waals surface area contributed by atoms with Crippen LogP contribution in [-0.4, -0.2) is 17.4 Å². The van der Waals surface area contributed by atoms with E-state index in [1.54, 1.807) is 6.20 Å². The molecule has 0 atom stereocenters. The fraction of sp³-hybridized carbons (Fsp3) is 0.571. The summed E-state index contributed by atoms with van der Waals surface area (Å²) in [7, 11) is 0. The van der Waals surface area contributed by atoms with Gasteiger partial charge in [0.1, 0.15) is 0 Å². The Morgan fingerprint density at radius 3 is 2.67 bits per heavy atom. The van der Waals surface area contributed by atoms with Crippen LogP contribution in [0.15, 0.2) is 12.3 Å². The first-order valence-electron chi connectivity index (χ1n) is 6.57. The van der Waals surface area contributed by atoms with Crippen molar-refractivity contribution in [2.45, 2.75) is 46.0 Å². The molecule has 0 bridgehead atoms. The van der Waals surface area contributed by atoms with E-state index in [1.807, 2.05) is 19.9 Å². The van der Waals surface area contributed by atoms with E-state index >= 15 is 0 Å². The van der Waals surface area contributed by atoms with Gasteiger partial charge in [-0.2, -0.15) is 0 Å². The molecule has 0 aliphatic carbocycles. The minimum absolute atomic E-state index is 0.0712. The molecule has 18 heavy (non-hydrogen) atoms. The number of unbranched alkanes of at least 4 members (excludes halogenated alkanes) is 3. The van der Waals surface area contributed by atoms with Gasteiger partial charge < -0.3 is 11.1 Å². The number of nitrogens with zero attached hydrogens (tertiary/aromatic N) is 1. The predicted molar refractivity (Wildman–Crippen MR) is 74.5 cm³/mol. The number of hydrogen-bond donors (Lipinski definition) is 2. The van der Waals surface area contributed by atoms with Crippen LogP contribution in [0.5, 0.6) is 0 Å². The average molecular weight is 249 g/mol. The number of carbonyl (C=O) groups is 1. The number of aryl methyl sites for hydroxylation is 2. The van der Waals surface area contributed by atoms with Gasteiger partial charge in [-0.05, 0) is 44.9 Å². The Labute approximate surface area is 109 Å². The third-order valence-corrected chi connectivity index (χ3v) is 2.97. The van der Waals surface area contributed by atoms with Gasteiger partial charge in [0.15, 0.2) is 0 Å². The van der Waals surface area contributed by atoms with Gasteiger partial charge in [0.2, 0.25) is 5.91 Å². The van der Waals surface area contributed by atoms with Crippen molar-refractivity contribution in [2.24, 2.45) is 5.73 Å². The second-order valence-electron chi connectivity index (χ2n) is 4.59. The number of nitrogens with one attached hydrogen (secondary N) is 1. The molecule has 0 fully saturated rings. The Morgan fingerprint density at radius 2 is 2.00 bits per heavy atom. The summed E-state index contributed by atoms with van der Waals surface area (Å²) in [6.07, 6.45) is 6.46. The third-order valence-electron chi connectivity index (χ3n) is 2.97. The summed E-state index contributed by atoms with van der Waals surface area (Å²) in [5.74, 6) is 0.0712. The molecular weight excluding hydrogens is 226 g/mol. The highest BCUT2D eigenvalue weighted by atomic mass is 16.1. The van der Waals surface area contributed by atoms with E-state index < -0.39 is 0 Å². The number of hydrogen-bond acceptors (Lipinski definition) is 3. The fourth-order valence-corrected chi connectivity index (χ4v) is 1.87. The number of aromatic nitrogens is 1. The van der Waals surface area contributed by atoms with E-state index in [0.717, 1.165) is 49.2 Å². The maximum atomic E-state index is 11.8. The standard InChI is InChI=1S/C14H23N3O/c1-11-8-10-16-12(2)14(11)17-13(18)7-5-3-4-6-9-15/h8,10H,3-7,9,15H2,1-2H3,(H,17,18). The van der Waals surface area contributed by atoms with Crippen molar-refractivity contribution in [3.63, 3.8) is 0 Å². The van der Waals surface area contributed by atoms with Crippen molar-refractivity contribution in [1.29, 1.82) is 0 Å². The normalized spacial score (nSPS) is 10.4. The van der Waals surface area contributed by atoms with Gasteiger partial charge in [0, 0.05) is 12.6 Å². The fourth-order valence-electron chi connectivity index (χ4n) is 1.87. The molecule has 0 saturated carbocycles. The predicted octanol–water partition coefficient (Wildman–Crippen LogP) is 2.55. The Morgan fingerprint density at radius 1 is 1.28 bits per heavy atom. The number of anilines is 1. The van der Waals surface area contributed by atoms with Gasteiger partial charge in [0.05, 0.1) is 11.4 Å². The van der Waals surface area contributed by atoms with Gasteiger partial charge in [-0.1, -0.05) is 12.8 Å². The quantitative estimate of drug-likeness (QED) is 0.730. The molecule has 4 heteroatoms. The van der Waals surface area contributed by atoms with Crippen LogP contribution in [0.25, 0.3) is 0 Å². The van der Waals surface area contributed by atoms with Gasteiger partial charge in [-0.15, -0.1) is 0 Å². The highest BCUT2D eigenvalue weighted by molar-refractivity contribution is 5.91. The molecular formula is C14H23N3O. The van der Waals surface area contributed by atoms with Crippen LogP contribution in [-0.2, 0) is 4.79 Å². The maximum Gasteiger partial charge on any atom is 0.224 e. The minimum atomic E-state index is 0.0712. The first kappa shape index (κ1) is 14.6. The minimum Gasteiger partial charge on any atom is -0.330 e. The summed E-state index contributed by atoms with van der Waals surface area (Å²) < 4.78 is 0. The van der Waals surface area contributed by atoms with Crippen molar-refractivity contribution < 1.29 is 4.79 Å². The van der Waals surface area contributed by atoms with Crippen LogP contribution >= 0.6 is 0 Å². The number of pyridine rings is 1. The molecule has 0 saturated heterocycles. The molecule has 0 aromatic carbocycles. The van der Waals surface area contributed by atoms with Gasteiger partial charge in [0.25, 0.3) is 0 Å². The summed E-state index contributed by atoms with van der Waals surface area (Å²) in [5.41, 5.74) is 8.19. The zero-order valence-corrected chi connectivity index (χ0v) is 11.3. The molecule has 4 nitrogen and oxygen atoms in total. The molecule has 1 amide bonds. The number of carbonyl (C=O) groups excluding carboxylic acids is 1. The molecule has 1 rings (SSSR count). The number of amides is 1. The van der Waals surface area contributed by atoms with Crippen LogP contribution < -0.4 is 11.1 Å². The third kappa shape index (κ3) is 4.84. The molecule has 1 aromatic heterocycles. The molecule has 1 heterocycles. The Balaban J connectivity index is 2.36. The molecule has 100 valence electrons. The van der Waals surface area contributed by atoms with E-state index in [9.17, 15) is 4.79 Å². The number of nitrogens with two attached hydrogens (primary N) is 1. The van der Waals surface area contributed by atoms with E-state index in [-0.39, 0.29) is 5.91 Å². The Bertz CT molecular complexity index is 370. The van der Waals surface area contributed by atoms with Crippen LogP contribution in [0.4, 0.5) is 5.69 Å². The molecule has 0 unspecified atom stereocenters. The second-order valence-corrected chi connectivity index (χ2v) is 4.59. The Kier molecular flexibility index (Phi) is 6.36. The van der Waals surface area contributed by atoms with Crippen LogP contribution in [0.1, 0.15) is 43.4 Å². The Hall–Kier alpha value is -1.42. The van der Waals surface area contributed by atoms with E-state index in [1.165, 1.54) is 0 Å². The lowest BCUT2D eigenvalue weighted by Crippen LogP contribution is -2.13. The first-order chi connectivity index (χ1) is 8.65. The average Bonchev–Trinajstić information content (AvgIpc) is 2.34. The molecule has 0 aliphatic rings. The summed E-state index contributed by atoms with van der Waals surface area (Å²) >= 11 is 0. The summed E-state index contributed by atoms with van der Waals surface area (Å²) in [6.45, 7) is 4.62. The highest BCUT2D eigenvalue weighted by Crippen LogP contribution is 2.17. The summed E-state index contributed by atoms with van der Waals surface area (Å²) in [5, 5.41) is 2.94. The molecule has 3 N–H and O–H groups in total. The van der Waals surface area contributed by atoms with Crippen molar-refractivity contribution in [3.05, 3.63) is 23.5 Å². The van der Waals surface area contributed by atoms with Crippen molar-refractivity contribution in [2.75, 3.05) is 11.9 Å². The van der Waals surface area contributed by atoms with Crippen LogP contribution in [0, 0.1) is 13.8 Å². The van der Waals surface area contributed by atoms with Crippen molar-refractivity contribution in [3.8, 4) is 0 Å². The van der Waals surface area contributed by atoms with Gasteiger partial charge in [-0.3, -0.25) is 9.78 Å². The van der Waals surface area contributed by atoms with E-state index in [0.29, 0.717) is 6.42 Å². The second kappa shape index (κ2) is 7.82. The van der Waals surface area contributed by atoms with E-state index in [4.69, 9.17) is 5.73 Å². The topological polar surface area (TPSA) is 68.0 Å². The molecule has 0 radical (unpaired) electrons. The zero-order chi connectivity index (χ0) is 13.4. The van der Waals surface area contributed by atoms with Gasteiger partial charge in [-0.25, -0.2) is 0 Å².